The molecule has 1 fully saturated rings. The molecule has 0 aromatic carbocycles. The number of hydrogen-bond donors (Lipinski definition) is 1. The van der Waals surface area contributed by atoms with Crippen molar-refractivity contribution in [3.63, 3.8) is 0 Å². The molecule has 0 amide bonds. The maximum absolute atomic E-state index is 5.53. The lowest BCUT2D eigenvalue weighted by atomic mass is 9.91. The first kappa shape index (κ1) is 12.0. The Balaban J connectivity index is 2.39. The van der Waals surface area contributed by atoms with Gasteiger partial charge in [-0.05, 0) is 25.7 Å². The SMILES string of the molecule is CCC(CC)N[C@@H]1CCCC[C@@H]1OC. The molecule has 1 saturated carbocycles. The minimum absolute atomic E-state index is 0.448. The molecular formula is C12H25NO. The van der Waals surface area contributed by atoms with E-state index in [1.807, 2.05) is 7.11 Å². The monoisotopic (exact) mass is 199 g/mol. The predicted molar refractivity (Wildman–Crippen MR) is 60.6 cm³/mol. The summed E-state index contributed by atoms with van der Waals surface area (Å²) in [5.74, 6) is 0. The van der Waals surface area contributed by atoms with E-state index < -0.39 is 0 Å². The molecule has 2 atom stereocenters. The highest BCUT2D eigenvalue weighted by atomic mass is 16.5. The fraction of sp³-hybridized carbons (Fsp3) is 1.00. The average Bonchev–Trinajstić information content (AvgIpc) is 2.26. The van der Waals surface area contributed by atoms with Crippen LogP contribution < -0.4 is 5.32 Å². The summed E-state index contributed by atoms with van der Waals surface area (Å²) in [7, 11) is 1.84. The molecular weight excluding hydrogens is 174 g/mol. The van der Waals surface area contributed by atoms with Gasteiger partial charge in [0.2, 0.25) is 0 Å². The van der Waals surface area contributed by atoms with Crippen molar-refractivity contribution < 1.29 is 4.74 Å². The molecule has 0 spiro atoms. The van der Waals surface area contributed by atoms with Gasteiger partial charge in [-0.15, -0.1) is 0 Å². The summed E-state index contributed by atoms with van der Waals surface area (Å²) in [5, 5.41) is 3.73. The van der Waals surface area contributed by atoms with Gasteiger partial charge in [0.1, 0.15) is 0 Å². The van der Waals surface area contributed by atoms with Gasteiger partial charge in [0.15, 0.2) is 0 Å². The summed E-state index contributed by atoms with van der Waals surface area (Å²) in [6.07, 6.45) is 8.11. The highest BCUT2D eigenvalue weighted by molar-refractivity contribution is 4.83. The van der Waals surface area contributed by atoms with Crippen molar-refractivity contribution >= 4 is 0 Å². The molecule has 0 bridgehead atoms. The Bertz CT molecular complexity index is 145. The minimum atomic E-state index is 0.448. The zero-order valence-electron chi connectivity index (χ0n) is 9.88. The Morgan fingerprint density at radius 1 is 1.21 bits per heavy atom. The first-order chi connectivity index (χ1) is 6.81. The topological polar surface area (TPSA) is 21.3 Å². The first-order valence-corrected chi connectivity index (χ1v) is 6.10. The molecule has 0 heterocycles. The molecule has 0 aromatic heterocycles. The summed E-state index contributed by atoms with van der Waals surface area (Å²) >= 11 is 0. The van der Waals surface area contributed by atoms with E-state index in [0.29, 0.717) is 18.2 Å². The predicted octanol–water partition coefficient (Wildman–Crippen LogP) is 2.72. The van der Waals surface area contributed by atoms with Crippen molar-refractivity contribution in [3.8, 4) is 0 Å². The molecule has 1 rings (SSSR count). The molecule has 1 aliphatic rings. The third-order valence-corrected chi connectivity index (χ3v) is 3.44. The van der Waals surface area contributed by atoms with Crippen LogP contribution in [0.3, 0.4) is 0 Å². The first-order valence-electron chi connectivity index (χ1n) is 6.10. The molecule has 1 aliphatic carbocycles. The van der Waals surface area contributed by atoms with Crippen LogP contribution in [0.4, 0.5) is 0 Å². The lowest BCUT2D eigenvalue weighted by Crippen LogP contribution is -2.47. The van der Waals surface area contributed by atoms with Crippen molar-refractivity contribution in [2.24, 2.45) is 0 Å². The van der Waals surface area contributed by atoms with Gasteiger partial charge in [0.05, 0.1) is 6.10 Å². The molecule has 1 N–H and O–H groups in total. The fourth-order valence-electron chi connectivity index (χ4n) is 2.40. The van der Waals surface area contributed by atoms with Crippen molar-refractivity contribution in [1.29, 1.82) is 0 Å². The summed E-state index contributed by atoms with van der Waals surface area (Å²) in [4.78, 5) is 0. The van der Waals surface area contributed by atoms with Crippen LogP contribution in [-0.2, 0) is 4.74 Å². The van der Waals surface area contributed by atoms with Crippen LogP contribution in [0.15, 0.2) is 0 Å². The van der Waals surface area contributed by atoms with Gasteiger partial charge in [-0.2, -0.15) is 0 Å². The Morgan fingerprint density at radius 3 is 2.43 bits per heavy atom. The second kappa shape index (κ2) is 6.41. The molecule has 2 heteroatoms. The minimum Gasteiger partial charge on any atom is -0.380 e. The molecule has 0 unspecified atom stereocenters. The Kier molecular flexibility index (Phi) is 5.49. The normalized spacial score (nSPS) is 28.3. The van der Waals surface area contributed by atoms with E-state index in [2.05, 4.69) is 19.2 Å². The van der Waals surface area contributed by atoms with Crippen LogP contribution in [0.2, 0.25) is 0 Å². The third kappa shape index (κ3) is 3.25. The van der Waals surface area contributed by atoms with Crippen molar-refractivity contribution in [2.45, 2.75) is 70.6 Å². The number of hydrogen-bond acceptors (Lipinski definition) is 2. The van der Waals surface area contributed by atoms with Gasteiger partial charge in [-0.1, -0.05) is 26.7 Å². The van der Waals surface area contributed by atoms with Crippen molar-refractivity contribution in [1.82, 2.24) is 5.32 Å². The van der Waals surface area contributed by atoms with Gasteiger partial charge >= 0.3 is 0 Å². The molecule has 14 heavy (non-hydrogen) atoms. The van der Waals surface area contributed by atoms with Crippen molar-refractivity contribution in [2.75, 3.05) is 7.11 Å². The molecule has 0 saturated heterocycles. The Hall–Kier alpha value is -0.0800. The van der Waals surface area contributed by atoms with E-state index in [-0.39, 0.29) is 0 Å². The van der Waals surface area contributed by atoms with Crippen LogP contribution in [0, 0.1) is 0 Å². The average molecular weight is 199 g/mol. The summed E-state index contributed by atoms with van der Waals surface area (Å²) < 4.78 is 5.53. The van der Waals surface area contributed by atoms with E-state index in [1.165, 1.54) is 38.5 Å². The van der Waals surface area contributed by atoms with E-state index in [0.717, 1.165) is 0 Å². The quantitative estimate of drug-likeness (QED) is 0.735. The number of methoxy groups -OCH3 is 1. The smallest absolute Gasteiger partial charge is 0.0724 e. The van der Waals surface area contributed by atoms with Gasteiger partial charge in [-0.25, -0.2) is 0 Å². The van der Waals surface area contributed by atoms with E-state index in [4.69, 9.17) is 4.74 Å². The largest absolute Gasteiger partial charge is 0.380 e. The van der Waals surface area contributed by atoms with Gasteiger partial charge in [-0.3, -0.25) is 0 Å². The van der Waals surface area contributed by atoms with Crippen molar-refractivity contribution in [3.05, 3.63) is 0 Å². The summed E-state index contributed by atoms with van der Waals surface area (Å²) in [6, 6.07) is 1.27. The summed E-state index contributed by atoms with van der Waals surface area (Å²) in [6.45, 7) is 4.51. The van der Waals surface area contributed by atoms with E-state index in [1.54, 1.807) is 0 Å². The maximum Gasteiger partial charge on any atom is 0.0724 e. The number of nitrogens with one attached hydrogen (secondary N) is 1. The lowest BCUT2D eigenvalue weighted by Gasteiger charge is -2.33. The molecule has 0 radical (unpaired) electrons. The zero-order chi connectivity index (χ0) is 10.4. The van der Waals surface area contributed by atoms with E-state index >= 15 is 0 Å². The van der Waals surface area contributed by atoms with Crippen LogP contribution in [0.5, 0.6) is 0 Å². The van der Waals surface area contributed by atoms with Gasteiger partial charge in [0.25, 0.3) is 0 Å². The second-order valence-electron chi connectivity index (χ2n) is 4.35. The second-order valence-corrected chi connectivity index (χ2v) is 4.35. The highest BCUT2D eigenvalue weighted by Crippen LogP contribution is 2.21. The maximum atomic E-state index is 5.53. The van der Waals surface area contributed by atoms with Crippen LogP contribution in [0.25, 0.3) is 0 Å². The number of ether oxygens (including phenoxy) is 1. The lowest BCUT2D eigenvalue weighted by molar-refractivity contribution is 0.0373. The molecule has 0 aromatic rings. The Morgan fingerprint density at radius 2 is 1.86 bits per heavy atom. The Labute approximate surface area is 88.4 Å². The van der Waals surface area contributed by atoms with Crippen LogP contribution in [0.1, 0.15) is 52.4 Å². The molecule has 84 valence electrons. The van der Waals surface area contributed by atoms with Gasteiger partial charge in [0, 0.05) is 19.2 Å². The van der Waals surface area contributed by atoms with Crippen LogP contribution in [-0.4, -0.2) is 25.3 Å². The number of rotatable bonds is 5. The van der Waals surface area contributed by atoms with Gasteiger partial charge < -0.3 is 10.1 Å². The van der Waals surface area contributed by atoms with E-state index in [9.17, 15) is 0 Å². The summed E-state index contributed by atoms with van der Waals surface area (Å²) in [5.41, 5.74) is 0. The molecule has 0 aliphatic heterocycles. The zero-order valence-corrected chi connectivity index (χ0v) is 9.88. The standard InChI is InChI=1S/C12H25NO/c1-4-10(5-2)13-11-8-6-7-9-12(11)14-3/h10-13H,4-9H2,1-3H3/t11-,12+/m1/s1. The molecule has 2 nitrogen and oxygen atoms in total. The highest BCUT2D eigenvalue weighted by Gasteiger charge is 2.25. The third-order valence-electron chi connectivity index (χ3n) is 3.44. The fourth-order valence-corrected chi connectivity index (χ4v) is 2.40. The van der Waals surface area contributed by atoms with Crippen LogP contribution >= 0.6 is 0 Å².